The van der Waals surface area contributed by atoms with Crippen LogP contribution in [0, 0.1) is 22.7 Å². The summed E-state index contributed by atoms with van der Waals surface area (Å²) in [5.74, 6) is -3.02. The first-order chi connectivity index (χ1) is 22.3. The predicted octanol–water partition coefficient (Wildman–Crippen LogP) is 2.82. The summed E-state index contributed by atoms with van der Waals surface area (Å²) in [7, 11) is 0. The van der Waals surface area contributed by atoms with E-state index in [0.29, 0.717) is 19.5 Å². The van der Waals surface area contributed by atoms with Crippen LogP contribution in [0.15, 0.2) is 43.0 Å². The molecule has 1 aliphatic heterocycles. The number of nitrogens with zero attached hydrogens (tertiary/aromatic N) is 1. The molecule has 12 nitrogen and oxygen atoms in total. The van der Waals surface area contributed by atoms with Crippen LogP contribution in [0.4, 0.5) is 4.79 Å². The van der Waals surface area contributed by atoms with E-state index in [-0.39, 0.29) is 48.5 Å². The number of likely N-dealkylation sites (tertiary alicyclic amines) is 1. The number of amides is 6. The highest BCUT2D eigenvalue weighted by Crippen LogP contribution is 2.65. The third-order valence-corrected chi connectivity index (χ3v) is 9.12. The van der Waals surface area contributed by atoms with Crippen LogP contribution in [0.25, 0.3) is 0 Å². The number of hydrogen-bond acceptors (Lipinski definition) is 6. The maximum absolute atomic E-state index is 14.1. The minimum atomic E-state index is -1.16. The second-order valence-electron chi connectivity index (χ2n) is 15.6. The maximum atomic E-state index is 14.1. The minimum Gasteiger partial charge on any atom is -0.352 e. The lowest BCUT2D eigenvalue weighted by molar-refractivity contribution is -0.145. The van der Waals surface area contributed by atoms with Gasteiger partial charge in [-0.2, -0.15) is 0 Å². The van der Waals surface area contributed by atoms with Crippen LogP contribution < -0.4 is 26.6 Å². The van der Waals surface area contributed by atoms with Crippen molar-refractivity contribution in [2.75, 3.05) is 13.1 Å². The number of allylic oxidation sites excluding steroid dienone is 1. The smallest absolute Gasteiger partial charge is 0.315 e. The molecule has 5 atom stereocenters. The molecular weight excluding hydrogens is 612 g/mol. The van der Waals surface area contributed by atoms with Gasteiger partial charge in [-0.05, 0) is 61.8 Å². The molecule has 1 aromatic rings. The molecule has 1 saturated heterocycles. The average molecular weight is 667 g/mol. The van der Waals surface area contributed by atoms with Crippen molar-refractivity contribution in [2.24, 2.45) is 22.7 Å². The fourth-order valence-electron chi connectivity index (χ4n) is 6.37. The molecule has 0 spiro atoms. The van der Waals surface area contributed by atoms with Gasteiger partial charge >= 0.3 is 6.03 Å². The highest BCUT2D eigenvalue weighted by Gasteiger charge is 2.70. The van der Waals surface area contributed by atoms with Crippen LogP contribution in [0.3, 0.4) is 0 Å². The number of carbonyl (C=O) groups is 6. The van der Waals surface area contributed by atoms with E-state index in [1.807, 2.05) is 85.7 Å². The van der Waals surface area contributed by atoms with Crippen molar-refractivity contribution in [2.45, 2.75) is 105 Å². The molecule has 264 valence electrons. The maximum Gasteiger partial charge on any atom is 0.315 e. The zero-order valence-electron chi connectivity index (χ0n) is 29.7. The third-order valence-electron chi connectivity index (χ3n) is 9.12. The molecule has 1 aliphatic carbocycles. The van der Waals surface area contributed by atoms with Crippen molar-refractivity contribution in [1.29, 1.82) is 0 Å². The summed E-state index contributed by atoms with van der Waals surface area (Å²) in [6, 6.07) is 5.93. The first kappa shape index (κ1) is 38.2. The van der Waals surface area contributed by atoms with Crippen LogP contribution >= 0.6 is 0 Å². The van der Waals surface area contributed by atoms with Gasteiger partial charge in [-0.1, -0.05) is 71.0 Å². The number of ketones is 1. The molecule has 0 aromatic heterocycles. The lowest BCUT2D eigenvalue weighted by Gasteiger charge is -2.38. The molecule has 1 aromatic carbocycles. The Hall–Kier alpha value is -4.22. The SMILES string of the molecule is C=CCCC(NC(=O)[C@@H]1[C@@H]2C(CN1C(=O)[C@@H](NC(=O)NC(C)(C)C)C(C)(C)C)C2(C)C)C(=O)C(=O)NCCC(=O)NCc1ccccc1. The minimum absolute atomic E-state index is 0.0242. The number of urea groups is 1. The predicted molar refractivity (Wildman–Crippen MR) is 183 cm³/mol. The molecule has 1 saturated carbocycles. The molecule has 2 fully saturated rings. The highest BCUT2D eigenvalue weighted by molar-refractivity contribution is 6.38. The van der Waals surface area contributed by atoms with Gasteiger partial charge in [0, 0.05) is 31.6 Å². The molecule has 12 heteroatoms. The van der Waals surface area contributed by atoms with Crippen molar-refractivity contribution in [3.8, 4) is 0 Å². The number of Topliss-reactive ketones (excluding diaryl/α,β-unsaturated/α-hetero) is 1. The molecular formula is C36H54N6O6. The summed E-state index contributed by atoms with van der Waals surface area (Å²) in [5, 5.41) is 13.7. The van der Waals surface area contributed by atoms with E-state index in [9.17, 15) is 28.8 Å². The summed E-state index contributed by atoms with van der Waals surface area (Å²) < 4.78 is 0. The monoisotopic (exact) mass is 666 g/mol. The Morgan fingerprint density at radius 3 is 2.21 bits per heavy atom. The Morgan fingerprint density at radius 1 is 0.979 bits per heavy atom. The second-order valence-corrected chi connectivity index (χ2v) is 15.6. The van der Waals surface area contributed by atoms with E-state index < -0.39 is 52.7 Å². The third kappa shape index (κ3) is 9.90. The molecule has 48 heavy (non-hydrogen) atoms. The van der Waals surface area contributed by atoms with Crippen LogP contribution in [0.5, 0.6) is 0 Å². The number of fused-ring (bicyclic) bond motifs is 1. The standard InChI is InChI=1S/C36H54N6O6/c1-10-11-17-24(28(44)31(46)37-19-18-25(43)38-20-22-15-13-12-14-16-22)39-30(45)27-26-23(36(26,8)9)21-42(27)32(47)29(34(2,3)4)40-33(48)41-35(5,6)7/h10,12-16,23-24,26-27,29H,1,11,17-21H2,2-9H3,(H,37,46)(H,38,43)(H,39,45)(H2,40,41,48)/t23?,24?,26-,27-,29+/m0/s1. The number of nitrogens with one attached hydrogen (secondary N) is 5. The topological polar surface area (TPSA) is 166 Å². The first-order valence-corrected chi connectivity index (χ1v) is 16.7. The summed E-state index contributed by atoms with van der Waals surface area (Å²) in [4.78, 5) is 80.9. The molecule has 0 bridgehead atoms. The number of benzene rings is 1. The van der Waals surface area contributed by atoms with Crippen molar-refractivity contribution < 1.29 is 28.8 Å². The van der Waals surface area contributed by atoms with Gasteiger partial charge < -0.3 is 31.5 Å². The Kier molecular flexibility index (Phi) is 12.2. The van der Waals surface area contributed by atoms with E-state index in [2.05, 4.69) is 33.2 Å². The summed E-state index contributed by atoms with van der Waals surface area (Å²) >= 11 is 0. The van der Waals surface area contributed by atoms with E-state index in [4.69, 9.17) is 0 Å². The molecule has 0 radical (unpaired) electrons. The first-order valence-electron chi connectivity index (χ1n) is 16.7. The van der Waals surface area contributed by atoms with Crippen LogP contribution in [-0.2, 0) is 30.5 Å². The quantitative estimate of drug-likeness (QED) is 0.151. The van der Waals surface area contributed by atoms with Gasteiger partial charge in [0.05, 0.1) is 6.04 Å². The van der Waals surface area contributed by atoms with Gasteiger partial charge in [0.25, 0.3) is 5.91 Å². The van der Waals surface area contributed by atoms with Gasteiger partial charge in [0.1, 0.15) is 12.1 Å². The fraction of sp³-hybridized carbons (Fsp3) is 0.611. The van der Waals surface area contributed by atoms with Crippen molar-refractivity contribution >= 4 is 35.4 Å². The van der Waals surface area contributed by atoms with Crippen molar-refractivity contribution in [3.63, 3.8) is 0 Å². The van der Waals surface area contributed by atoms with Gasteiger partial charge in [0.15, 0.2) is 0 Å². The zero-order valence-corrected chi connectivity index (χ0v) is 29.7. The number of piperidine rings is 1. The van der Waals surface area contributed by atoms with Crippen molar-refractivity contribution in [1.82, 2.24) is 31.5 Å². The molecule has 2 aliphatic rings. The van der Waals surface area contributed by atoms with Crippen LogP contribution in [0.2, 0.25) is 0 Å². The molecule has 6 amide bonds. The zero-order chi connectivity index (χ0) is 36.0. The Labute approximate surface area is 284 Å². The highest BCUT2D eigenvalue weighted by atomic mass is 16.2. The van der Waals surface area contributed by atoms with E-state index in [0.717, 1.165) is 5.56 Å². The normalized spacial score (nSPS) is 20.8. The van der Waals surface area contributed by atoms with E-state index in [1.165, 1.54) is 4.90 Å². The summed E-state index contributed by atoms with van der Waals surface area (Å²) in [6.45, 7) is 19.5. The van der Waals surface area contributed by atoms with Crippen molar-refractivity contribution in [3.05, 3.63) is 48.6 Å². The number of rotatable bonds is 14. The Morgan fingerprint density at radius 2 is 1.62 bits per heavy atom. The number of hydrogen-bond donors (Lipinski definition) is 5. The van der Waals surface area contributed by atoms with E-state index in [1.54, 1.807) is 6.08 Å². The van der Waals surface area contributed by atoms with Crippen LogP contribution in [0.1, 0.15) is 80.2 Å². The summed E-state index contributed by atoms with van der Waals surface area (Å²) in [6.07, 6.45) is 2.06. The molecule has 5 N–H and O–H groups in total. The Bertz CT molecular complexity index is 1380. The number of carbonyl (C=O) groups excluding carboxylic acids is 6. The summed E-state index contributed by atoms with van der Waals surface area (Å²) in [5.41, 5.74) is -0.461. The fourth-order valence-corrected chi connectivity index (χ4v) is 6.37. The van der Waals surface area contributed by atoms with Gasteiger partial charge in [-0.25, -0.2) is 4.79 Å². The van der Waals surface area contributed by atoms with Gasteiger partial charge in [0.2, 0.25) is 23.5 Å². The molecule has 2 unspecified atom stereocenters. The second kappa shape index (κ2) is 15.3. The lowest BCUT2D eigenvalue weighted by Crippen LogP contribution is -2.62. The largest absolute Gasteiger partial charge is 0.352 e. The molecule has 1 heterocycles. The van der Waals surface area contributed by atoms with E-state index >= 15 is 0 Å². The average Bonchev–Trinajstić information content (AvgIpc) is 3.30. The Balaban J connectivity index is 1.69. The lowest BCUT2D eigenvalue weighted by atomic mass is 9.85. The van der Waals surface area contributed by atoms with Gasteiger partial charge in [-0.15, -0.1) is 6.58 Å². The van der Waals surface area contributed by atoms with Crippen LogP contribution in [-0.4, -0.2) is 77.1 Å². The molecule has 3 rings (SSSR count). The van der Waals surface area contributed by atoms with Gasteiger partial charge in [-0.3, -0.25) is 24.0 Å².